The molecule has 2 amide bonds. The molecule has 0 radical (unpaired) electrons. The van der Waals surface area contributed by atoms with Gasteiger partial charge in [-0.1, -0.05) is 61.9 Å². The number of nitrogens with one attached hydrogen (secondary N) is 1. The highest BCUT2D eigenvalue weighted by atomic mass is 32.2. The Kier molecular flexibility index (Phi) is 10.3. The second-order valence-electron chi connectivity index (χ2n) is 10.3. The molecule has 3 rings (SSSR count). The van der Waals surface area contributed by atoms with Gasteiger partial charge in [-0.3, -0.25) is 13.9 Å². The monoisotopic (exact) mass is 565 g/mol. The van der Waals surface area contributed by atoms with Crippen LogP contribution in [0.3, 0.4) is 0 Å². The fourth-order valence-electron chi connectivity index (χ4n) is 4.20. The number of anilines is 1. The highest BCUT2D eigenvalue weighted by molar-refractivity contribution is 7.92. The summed E-state index contributed by atoms with van der Waals surface area (Å²) in [6, 6.07) is 19.9. The molecule has 0 aliphatic carbocycles. The maximum absolute atomic E-state index is 14.0. The van der Waals surface area contributed by atoms with Crippen LogP contribution in [0.1, 0.15) is 37.5 Å². The van der Waals surface area contributed by atoms with E-state index in [0.29, 0.717) is 23.5 Å². The third-order valence-corrected chi connectivity index (χ3v) is 8.38. The molecule has 1 atom stereocenters. The van der Waals surface area contributed by atoms with E-state index >= 15 is 0 Å². The minimum absolute atomic E-state index is 0.0798. The summed E-state index contributed by atoms with van der Waals surface area (Å²) in [6.07, 6.45) is 0. The summed E-state index contributed by atoms with van der Waals surface area (Å²) >= 11 is 0. The molecule has 0 saturated carbocycles. The molecule has 0 aliphatic rings. The number of hydrogen-bond donors (Lipinski definition) is 1. The first-order valence-electron chi connectivity index (χ1n) is 13.3. The van der Waals surface area contributed by atoms with Crippen molar-refractivity contribution in [3.63, 3.8) is 0 Å². The zero-order valence-corrected chi connectivity index (χ0v) is 24.9. The van der Waals surface area contributed by atoms with Crippen molar-refractivity contribution < 1.29 is 22.7 Å². The average Bonchev–Trinajstić information content (AvgIpc) is 2.93. The fourth-order valence-corrected chi connectivity index (χ4v) is 5.68. The molecular formula is C31H39N3O5S. The Bertz CT molecular complexity index is 1420. The smallest absolute Gasteiger partial charge is 0.264 e. The van der Waals surface area contributed by atoms with Crippen LogP contribution in [-0.2, 0) is 26.2 Å². The van der Waals surface area contributed by atoms with Gasteiger partial charge in [0.05, 0.1) is 17.7 Å². The number of ether oxygens (including phenoxy) is 1. The second kappa shape index (κ2) is 13.5. The quantitative estimate of drug-likeness (QED) is 0.344. The van der Waals surface area contributed by atoms with E-state index in [2.05, 4.69) is 5.32 Å². The van der Waals surface area contributed by atoms with Gasteiger partial charge in [0.15, 0.2) is 0 Å². The number of hydrogen-bond acceptors (Lipinski definition) is 5. The molecule has 8 nitrogen and oxygen atoms in total. The summed E-state index contributed by atoms with van der Waals surface area (Å²) < 4.78 is 34.3. The lowest BCUT2D eigenvalue weighted by Gasteiger charge is -2.32. The minimum atomic E-state index is -4.11. The number of carbonyl (C=O) groups excluding carboxylic acids is 2. The lowest BCUT2D eigenvalue weighted by molar-refractivity contribution is -0.139. The zero-order chi connectivity index (χ0) is 29.4. The van der Waals surface area contributed by atoms with Gasteiger partial charge < -0.3 is 15.0 Å². The van der Waals surface area contributed by atoms with Crippen LogP contribution in [0.2, 0.25) is 0 Å². The van der Waals surface area contributed by atoms with Crippen LogP contribution >= 0.6 is 0 Å². The molecular weight excluding hydrogens is 526 g/mol. The maximum atomic E-state index is 14.0. The number of sulfonamides is 1. The van der Waals surface area contributed by atoms with Crippen LogP contribution in [0.15, 0.2) is 77.7 Å². The van der Waals surface area contributed by atoms with Crippen molar-refractivity contribution in [3.8, 4) is 5.75 Å². The Labute approximate surface area is 238 Å². The predicted octanol–water partition coefficient (Wildman–Crippen LogP) is 4.70. The van der Waals surface area contributed by atoms with Crippen LogP contribution in [0, 0.1) is 19.8 Å². The van der Waals surface area contributed by atoms with E-state index in [1.807, 2.05) is 39.0 Å². The molecule has 1 N–H and O–H groups in total. The van der Waals surface area contributed by atoms with Crippen LogP contribution in [-0.4, -0.2) is 51.4 Å². The first kappa shape index (κ1) is 30.7. The van der Waals surface area contributed by atoms with Gasteiger partial charge >= 0.3 is 0 Å². The van der Waals surface area contributed by atoms with E-state index in [-0.39, 0.29) is 23.3 Å². The molecule has 3 aromatic carbocycles. The molecule has 0 spiro atoms. The molecule has 40 heavy (non-hydrogen) atoms. The summed E-state index contributed by atoms with van der Waals surface area (Å²) in [5, 5.41) is 2.89. The van der Waals surface area contributed by atoms with E-state index in [0.717, 1.165) is 15.4 Å². The van der Waals surface area contributed by atoms with Crippen molar-refractivity contribution >= 4 is 27.5 Å². The molecule has 0 saturated heterocycles. The Morgan fingerprint density at radius 1 is 0.925 bits per heavy atom. The van der Waals surface area contributed by atoms with Crippen molar-refractivity contribution in [2.24, 2.45) is 5.92 Å². The van der Waals surface area contributed by atoms with E-state index in [1.165, 1.54) is 17.0 Å². The summed E-state index contributed by atoms with van der Waals surface area (Å²) in [4.78, 5) is 28.6. The van der Waals surface area contributed by atoms with Gasteiger partial charge in [0.1, 0.15) is 18.3 Å². The van der Waals surface area contributed by atoms with E-state index < -0.39 is 28.5 Å². The summed E-state index contributed by atoms with van der Waals surface area (Å²) in [7, 11) is -2.55. The summed E-state index contributed by atoms with van der Waals surface area (Å²) in [5.41, 5.74) is 2.77. The maximum Gasteiger partial charge on any atom is 0.264 e. The van der Waals surface area contributed by atoms with Crippen LogP contribution < -0.4 is 14.4 Å². The van der Waals surface area contributed by atoms with E-state index in [4.69, 9.17) is 4.74 Å². The van der Waals surface area contributed by atoms with Gasteiger partial charge in [-0.15, -0.1) is 0 Å². The number of rotatable bonds is 12. The van der Waals surface area contributed by atoms with E-state index in [9.17, 15) is 18.0 Å². The molecule has 0 aromatic heterocycles. The first-order valence-corrected chi connectivity index (χ1v) is 14.7. The normalized spacial score (nSPS) is 12.1. The number of carbonyl (C=O) groups is 2. The molecule has 1 unspecified atom stereocenters. The van der Waals surface area contributed by atoms with Crippen LogP contribution in [0.25, 0.3) is 0 Å². The average molecular weight is 566 g/mol. The molecule has 3 aromatic rings. The highest BCUT2D eigenvalue weighted by Crippen LogP contribution is 2.27. The zero-order valence-electron chi connectivity index (χ0n) is 24.0. The van der Waals surface area contributed by atoms with Gasteiger partial charge in [0.2, 0.25) is 11.8 Å². The SMILES string of the molecule is COc1cccc(CN(C(=O)CN(c2ccccc2C)S(=O)(=O)c2ccc(C)cc2)C(C)C(=O)NCC(C)C)c1. The molecule has 0 bridgehead atoms. The van der Waals surface area contributed by atoms with E-state index in [1.54, 1.807) is 63.4 Å². The van der Waals surface area contributed by atoms with Crippen LogP contribution in [0.4, 0.5) is 5.69 Å². The number of amides is 2. The Morgan fingerprint density at radius 2 is 1.60 bits per heavy atom. The van der Waals surface area contributed by atoms with Gasteiger partial charge in [-0.25, -0.2) is 8.42 Å². The Hall–Kier alpha value is -3.85. The summed E-state index contributed by atoms with van der Waals surface area (Å²) in [6.45, 7) is 9.38. The van der Waals surface area contributed by atoms with Gasteiger partial charge in [0, 0.05) is 13.1 Å². The van der Waals surface area contributed by atoms with Gasteiger partial charge in [-0.2, -0.15) is 0 Å². The predicted molar refractivity (Wildman–Crippen MR) is 158 cm³/mol. The minimum Gasteiger partial charge on any atom is -0.497 e. The standard InChI is InChI=1S/C31H39N3O5S/c1-22(2)19-32-31(36)25(5)33(20-26-11-9-12-27(18-26)39-6)30(35)21-34(29-13-8-7-10-24(29)4)40(37,38)28-16-14-23(3)15-17-28/h7-18,22,25H,19-21H2,1-6H3,(H,32,36). The molecule has 0 aliphatic heterocycles. The molecule has 214 valence electrons. The Morgan fingerprint density at radius 3 is 2.23 bits per heavy atom. The van der Waals surface area contributed by atoms with Crippen molar-refractivity contribution in [3.05, 3.63) is 89.5 Å². The van der Waals surface area contributed by atoms with Gasteiger partial charge in [-0.05, 0) is 68.1 Å². The van der Waals surface area contributed by atoms with Crippen LogP contribution in [0.5, 0.6) is 5.75 Å². The number of benzene rings is 3. The third-order valence-electron chi connectivity index (χ3n) is 6.61. The van der Waals surface area contributed by atoms with Crippen molar-refractivity contribution in [2.45, 2.75) is 52.1 Å². The van der Waals surface area contributed by atoms with Crippen molar-refractivity contribution in [1.82, 2.24) is 10.2 Å². The second-order valence-corrected chi connectivity index (χ2v) is 12.2. The number of para-hydroxylation sites is 1. The molecule has 0 heterocycles. The van der Waals surface area contributed by atoms with Crippen molar-refractivity contribution in [1.29, 1.82) is 0 Å². The number of methoxy groups -OCH3 is 1. The first-order chi connectivity index (χ1) is 18.9. The molecule has 9 heteroatoms. The van der Waals surface area contributed by atoms with Crippen molar-refractivity contribution in [2.75, 3.05) is 24.5 Å². The topological polar surface area (TPSA) is 96.0 Å². The largest absolute Gasteiger partial charge is 0.497 e. The highest BCUT2D eigenvalue weighted by Gasteiger charge is 2.33. The fraction of sp³-hybridized carbons (Fsp3) is 0.355. The third kappa shape index (κ3) is 7.63. The lowest BCUT2D eigenvalue weighted by Crippen LogP contribution is -2.51. The summed E-state index contributed by atoms with van der Waals surface area (Å²) in [5.74, 6) is 0.0305. The van der Waals surface area contributed by atoms with Gasteiger partial charge in [0.25, 0.3) is 10.0 Å². The lowest BCUT2D eigenvalue weighted by atomic mass is 10.1. The Balaban J connectivity index is 2.03. The molecule has 0 fully saturated rings. The number of aryl methyl sites for hydroxylation is 2. The number of nitrogens with zero attached hydrogens (tertiary/aromatic N) is 2.